The monoisotopic (exact) mass is 304 g/mol. The van der Waals surface area contributed by atoms with Crippen molar-refractivity contribution in [3.8, 4) is 0 Å². The molecule has 3 aliphatic carbocycles. The van der Waals surface area contributed by atoms with Crippen LogP contribution in [0.5, 0.6) is 0 Å². The molecule has 0 spiro atoms. The highest BCUT2D eigenvalue weighted by molar-refractivity contribution is 6.17. The Labute approximate surface area is 129 Å². The second-order valence-corrected chi connectivity index (χ2v) is 7.57. The van der Waals surface area contributed by atoms with Gasteiger partial charge < -0.3 is 4.57 Å². The highest BCUT2D eigenvalue weighted by atomic mass is 35.5. The molecule has 21 heavy (non-hydrogen) atoms. The second kappa shape index (κ2) is 4.03. The fourth-order valence-corrected chi connectivity index (χ4v) is 5.71. The van der Waals surface area contributed by atoms with E-state index < -0.39 is 0 Å². The van der Waals surface area contributed by atoms with Crippen LogP contribution in [-0.4, -0.2) is 25.2 Å². The van der Waals surface area contributed by atoms with Crippen LogP contribution < -0.4 is 0 Å². The Balaban J connectivity index is 1.66. The molecule has 4 atom stereocenters. The van der Waals surface area contributed by atoms with Gasteiger partial charge in [-0.15, -0.1) is 11.6 Å². The summed E-state index contributed by atoms with van der Waals surface area (Å²) < 4.78 is 4.53. The Morgan fingerprint density at radius 2 is 1.95 bits per heavy atom. The van der Waals surface area contributed by atoms with E-state index in [0.29, 0.717) is 11.9 Å². The molecule has 0 N–H and O–H groups in total. The Bertz CT molecular complexity index is 714. The normalized spacial score (nSPS) is 36.6. The lowest BCUT2D eigenvalue weighted by Crippen LogP contribution is -2.11. The molecule has 0 aromatic carbocycles. The van der Waals surface area contributed by atoms with Crippen LogP contribution in [0.15, 0.2) is 0 Å². The molecule has 3 fully saturated rings. The first-order valence-corrected chi connectivity index (χ1v) is 8.70. The number of fused-ring (bicyclic) bond motifs is 6. The van der Waals surface area contributed by atoms with Gasteiger partial charge in [-0.25, -0.2) is 4.98 Å². The summed E-state index contributed by atoms with van der Waals surface area (Å²) in [6.45, 7) is 2.06. The third-order valence-electron chi connectivity index (χ3n) is 6.22. The fourth-order valence-electron chi connectivity index (χ4n) is 5.54. The Kier molecular flexibility index (Phi) is 2.40. The molecular weight excluding hydrogens is 284 g/mol. The van der Waals surface area contributed by atoms with Gasteiger partial charge in [0.2, 0.25) is 0 Å². The van der Waals surface area contributed by atoms with Gasteiger partial charge in [-0.05, 0) is 49.9 Å². The van der Waals surface area contributed by atoms with Crippen LogP contribution in [0.4, 0.5) is 0 Å². The zero-order valence-electron chi connectivity index (χ0n) is 12.6. The number of halogens is 1. The van der Waals surface area contributed by atoms with Crippen molar-refractivity contribution in [2.24, 2.45) is 30.7 Å². The van der Waals surface area contributed by atoms with E-state index in [-0.39, 0.29) is 0 Å². The molecule has 0 radical (unpaired) electrons. The molecule has 5 rings (SSSR count). The van der Waals surface area contributed by atoms with Gasteiger partial charge in [0, 0.05) is 25.4 Å². The molecule has 3 saturated carbocycles. The van der Waals surface area contributed by atoms with E-state index in [2.05, 4.69) is 16.6 Å². The lowest BCUT2D eigenvalue weighted by atomic mass is 10.0. The molecule has 0 saturated heterocycles. The third kappa shape index (κ3) is 1.47. The van der Waals surface area contributed by atoms with E-state index in [0.717, 1.165) is 41.3 Å². The summed E-state index contributed by atoms with van der Waals surface area (Å²) in [6.07, 6.45) is 5.25. The first-order valence-electron chi connectivity index (χ1n) is 8.17. The van der Waals surface area contributed by atoms with Crippen LogP contribution in [0.2, 0.25) is 0 Å². The van der Waals surface area contributed by atoms with Gasteiger partial charge in [-0.1, -0.05) is 0 Å². The predicted molar refractivity (Wildman–Crippen MR) is 82.5 cm³/mol. The minimum atomic E-state index is 0.644. The Morgan fingerprint density at radius 1 is 1.24 bits per heavy atom. The number of hydrogen-bond donors (Lipinski definition) is 0. The molecule has 0 aliphatic heterocycles. The molecule has 2 bridgehead atoms. The van der Waals surface area contributed by atoms with Gasteiger partial charge in [-0.3, -0.25) is 4.68 Å². The maximum Gasteiger partial charge on any atom is 0.158 e. The molecule has 2 aromatic rings. The van der Waals surface area contributed by atoms with Crippen molar-refractivity contribution >= 4 is 22.8 Å². The highest BCUT2D eigenvalue weighted by Gasteiger charge is 2.66. The largest absolute Gasteiger partial charge is 0.309 e. The molecule has 3 aliphatic rings. The zero-order valence-corrected chi connectivity index (χ0v) is 13.3. The average Bonchev–Trinajstić information content (AvgIpc) is 2.84. The summed E-state index contributed by atoms with van der Waals surface area (Å²) in [7, 11) is 2.05. The Morgan fingerprint density at radius 3 is 2.62 bits per heavy atom. The van der Waals surface area contributed by atoms with Crippen LogP contribution in [0.25, 0.3) is 11.2 Å². The second-order valence-electron chi connectivity index (χ2n) is 7.20. The summed E-state index contributed by atoms with van der Waals surface area (Å²) in [5.41, 5.74) is 3.33. The Hall–Kier alpha value is -1.03. The lowest BCUT2D eigenvalue weighted by Gasteiger charge is -2.14. The number of imidazole rings is 1. The number of rotatable bonds is 3. The van der Waals surface area contributed by atoms with Crippen molar-refractivity contribution in [2.75, 3.05) is 5.88 Å². The van der Waals surface area contributed by atoms with E-state index in [1.165, 1.54) is 30.7 Å². The standard InChI is InChI=1S/C16H21ClN4/c1-8-14-16(20(2)19-8)21(11(18-14)5-6-17)15-12-9-3-4-10(7-9)13(12)15/h9-10,12-13,15H,3-7H2,1-2H3. The molecule has 5 heteroatoms. The summed E-state index contributed by atoms with van der Waals surface area (Å²) in [4.78, 5) is 4.88. The number of alkyl halides is 1. The smallest absolute Gasteiger partial charge is 0.158 e. The molecule has 4 unspecified atom stereocenters. The topological polar surface area (TPSA) is 35.6 Å². The molecule has 112 valence electrons. The van der Waals surface area contributed by atoms with Crippen LogP contribution in [0.1, 0.15) is 36.8 Å². The summed E-state index contributed by atoms with van der Waals surface area (Å²) >= 11 is 6.02. The van der Waals surface area contributed by atoms with Crippen molar-refractivity contribution in [3.63, 3.8) is 0 Å². The quantitative estimate of drug-likeness (QED) is 0.817. The molecular formula is C16H21ClN4. The summed E-state index contributed by atoms with van der Waals surface area (Å²) in [5, 5.41) is 4.57. The maximum absolute atomic E-state index is 6.02. The van der Waals surface area contributed by atoms with Crippen molar-refractivity contribution in [3.05, 3.63) is 11.5 Å². The minimum absolute atomic E-state index is 0.644. The number of aryl methyl sites for hydroxylation is 3. The van der Waals surface area contributed by atoms with Crippen LogP contribution in [0.3, 0.4) is 0 Å². The molecule has 2 heterocycles. The van der Waals surface area contributed by atoms with Gasteiger partial charge in [0.25, 0.3) is 0 Å². The minimum Gasteiger partial charge on any atom is -0.309 e. The van der Waals surface area contributed by atoms with Gasteiger partial charge in [0.1, 0.15) is 11.3 Å². The van der Waals surface area contributed by atoms with Crippen LogP contribution >= 0.6 is 11.6 Å². The van der Waals surface area contributed by atoms with Crippen LogP contribution in [0, 0.1) is 30.6 Å². The average molecular weight is 305 g/mol. The van der Waals surface area contributed by atoms with E-state index in [4.69, 9.17) is 16.6 Å². The zero-order chi connectivity index (χ0) is 14.3. The lowest BCUT2D eigenvalue weighted by molar-refractivity contribution is 0.448. The van der Waals surface area contributed by atoms with Gasteiger partial charge in [-0.2, -0.15) is 5.10 Å². The number of nitrogens with zero attached hydrogens (tertiary/aromatic N) is 4. The summed E-state index contributed by atoms with van der Waals surface area (Å²) in [6, 6.07) is 0.675. The SMILES string of the molecule is Cc1nn(C)c2c1nc(CCCl)n2C1C2C3CCC(C3)C21. The predicted octanol–water partition coefficient (Wildman–Crippen LogP) is 3.08. The van der Waals surface area contributed by atoms with Gasteiger partial charge >= 0.3 is 0 Å². The van der Waals surface area contributed by atoms with E-state index in [1.54, 1.807) is 0 Å². The number of aromatic nitrogens is 4. The van der Waals surface area contributed by atoms with Gasteiger partial charge in [0.15, 0.2) is 5.65 Å². The molecule has 0 amide bonds. The van der Waals surface area contributed by atoms with E-state index in [9.17, 15) is 0 Å². The van der Waals surface area contributed by atoms with Crippen LogP contribution in [-0.2, 0) is 13.5 Å². The van der Waals surface area contributed by atoms with Gasteiger partial charge in [0.05, 0.1) is 5.69 Å². The first-order chi connectivity index (χ1) is 10.2. The van der Waals surface area contributed by atoms with E-state index >= 15 is 0 Å². The van der Waals surface area contributed by atoms with Crippen molar-refractivity contribution in [2.45, 2.75) is 38.6 Å². The van der Waals surface area contributed by atoms with Crippen molar-refractivity contribution in [1.82, 2.24) is 19.3 Å². The van der Waals surface area contributed by atoms with Crippen molar-refractivity contribution in [1.29, 1.82) is 0 Å². The molecule has 2 aromatic heterocycles. The van der Waals surface area contributed by atoms with Crippen molar-refractivity contribution < 1.29 is 0 Å². The fraction of sp³-hybridized carbons (Fsp3) is 0.750. The summed E-state index contributed by atoms with van der Waals surface area (Å²) in [5.74, 6) is 5.58. The highest BCUT2D eigenvalue weighted by Crippen LogP contribution is 2.72. The maximum atomic E-state index is 6.02. The van der Waals surface area contributed by atoms with E-state index in [1.807, 2.05) is 11.7 Å². The molecule has 4 nitrogen and oxygen atoms in total. The third-order valence-corrected chi connectivity index (χ3v) is 6.41. The first kappa shape index (κ1) is 12.5. The number of hydrogen-bond acceptors (Lipinski definition) is 2.